The molecule has 0 heterocycles. The predicted molar refractivity (Wildman–Crippen MR) is 69.2 cm³/mol. The molecule has 0 aliphatic carbocycles. The average molecular weight is 217 g/mol. The van der Waals surface area contributed by atoms with Crippen LogP contribution >= 0.6 is 11.8 Å². The predicted octanol–water partition coefficient (Wildman–Crippen LogP) is 3.69. The van der Waals surface area contributed by atoms with E-state index in [1.165, 1.54) is 37.2 Å². The van der Waals surface area contributed by atoms with Crippen molar-refractivity contribution in [3.05, 3.63) is 0 Å². The topological polar surface area (TPSA) is 12.0 Å². The van der Waals surface area contributed by atoms with Gasteiger partial charge in [0.15, 0.2) is 0 Å². The summed E-state index contributed by atoms with van der Waals surface area (Å²) in [6.45, 7) is 10.2. The molecule has 0 bridgehead atoms. The number of thioether (sulfide) groups is 1. The second-order valence-electron chi connectivity index (χ2n) is 4.48. The molecule has 1 nitrogen and oxygen atoms in total. The number of hydrogen-bond donors (Lipinski definition) is 1. The Labute approximate surface area is 94.4 Å². The minimum Gasteiger partial charge on any atom is -0.311 e. The third-order valence-corrected chi connectivity index (χ3v) is 3.70. The number of hydrogen-bond acceptors (Lipinski definition) is 2. The monoisotopic (exact) mass is 217 g/mol. The average Bonchev–Trinajstić information content (AvgIpc) is 2.16. The van der Waals surface area contributed by atoms with Gasteiger partial charge in [-0.3, -0.25) is 0 Å². The summed E-state index contributed by atoms with van der Waals surface area (Å²) in [7, 11) is 0. The van der Waals surface area contributed by atoms with Crippen molar-refractivity contribution in [2.45, 2.75) is 58.9 Å². The third kappa shape index (κ3) is 8.89. The van der Waals surface area contributed by atoms with Crippen molar-refractivity contribution >= 4 is 11.8 Å². The molecule has 0 aromatic rings. The van der Waals surface area contributed by atoms with E-state index >= 15 is 0 Å². The SMILES string of the molecule is CCCCCSCCNC(C)(C)CC. The molecule has 0 aliphatic heterocycles. The van der Waals surface area contributed by atoms with Crippen LogP contribution in [0.5, 0.6) is 0 Å². The molecule has 0 rings (SSSR count). The van der Waals surface area contributed by atoms with Crippen LogP contribution < -0.4 is 5.32 Å². The van der Waals surface area contributed by atoms with Crippen molar-refractivity contribution in [2.24, 2.45) is 0 Å². The summed E-state index contributed by atoms with van der Waals surface area (Å²) in [6.07, 6.45) is 5.31. The molecule has 86 valence electrons. The Kier molecular flexibility index (Phi) is 8.80. The fraction of sp³-hybridized carbons (Fsp3) is 1.00. The molecular weight excluding hydrogens is 190 g/mol. The number of unbranched alkanes of at least 4 members (excludes halogenated alkanes) is 2. The Morgan fingerprint density at radius 1 is 1.07 bits per heavy atom. The highest BCUT2D eigenvalue weighted by Crippen LogP contribution is 2.08. The minimum atomic E-state index is 0.323. The van der Waals surface area contributed by atoms with Gasteiger partial charge in [0.05, 0.1) is 0 Å². The van der Waals surface area contributed by atoms with Crippen LogP contribution in [0.2, 0.25) is 0 Å². The molecule has 0 atom stereocenters. The lowest BCUT2D eigenvalue weighted by atomic mass is 10.0. The van der Waals surface area contributed by atoms with Crippen molar-refractivity contribution in [3.63, 3.8) is 0 Å². The summed E-state index contributed by atoms with van der Waals surface area (Å²) in [4.78, 5) is 0. The van der Waals surface area contributed by atoms with Gasteiger partial charge in [0.1, 0.15) is 0 Å². The Morgan fingerprint density at radius 2 is 1.79 bits per heavy atom. The maximum absolute atomic E-state index is 3.58. The zero-order valence-corrected chi connectivity index (χ0v) is 11.2. The second kappa shape index (κ2) is 8.60. The fourth-order valence-corrected chi connectivity index (χ4v) is 2.00. The first-order chi connectivity index (χ1) is 6.62. The standard InChI is InChI=1S/C12H27NS/c1-5-7-8-10-14-11-9-13-12(3,4)6-2/h13H,5-11H2,1-4H3. The van der Waals surface area contributed by atoms with Crippen LogP contribution in [0.4, 0.5) is 0 Å². The van der Waals surface area contributed by atoms with Crippen LogP contribution in [0, 0.1) is 0 Å². The molecule has 1 N–H and O–H groups in total. The summed E-state index contributed by atoms with van der Waals surface area (Å²) < 4.78 is 0. The second-order valence-corrected chi connectivity index (χ2v) is 5.71. The summed E-state index contributed by atoms with van der Waals surface area (Å²) in [6, 6.07) is 0. The lowest BCUT2D eigenvalue weighted by Crippen LogP contribution is -2.39. The fourth-order valence-electron chi connectivity index (χ4n) is 1.14. The van der Waals surface area contributed by atoms with E-state index < -0.39 is 0 Å². The molecule has 0 aliphatic rings. The van der Waals surface area contributed by atoms with E-state index in [0.717, 1.165) is 6.54 Å². The maximum atomic E-state index is 3.58. The van der Waals surface area contributed by atoms with E-state index in [9.17, 15) is 0 Å². The lowest BCUT2D eigenvalue weighted by Gasteiger charge is -2.24. The van der Waals surface area contributed by atoms with E-state index in [0.29, 0.717) is 5.54 Å². The van der Waals surface area contributed by atoms with Crippen LogP contribution in [0.3, 0.4) is 0 Å². The van der Waals surface area contributed by atoms with Crippen molar-refractivity contribution in [1.82, 2.24) is 5.32 Å². The third-order valence-electron chi connectivity index (χ3n) is 2.63. The first-order valence-corrected chi connectivity index (χ1v) is 7.10. The van der Waals surface area contributed by atoms with Gasteiger partial charge in [0, 0.05) is 17.8 Å². The Morgan fingerprint density at radius 3 is 2.36 bits per heavy atom. The smallest absolute Gasteiger partial charge is 0.0122 e. The molecule has 0 saturated heterocycles. The molecule has 0 unspecified atom stereocenters. The number of nitrogens with one attached hydrogen (secondary N) is 1. The highest BCUT2D eigenvalue weighted by atomic mass is 32.2. The van der Waals surface area contributed by atoms with Gasteiger partial charge in [-0.1, -0.05) is 26.7 Å². The van der Waals surface area contributed by atoms with Crippen molar-refractivity contribution in [2.75, 3.05) is 18.1 Å². The molecule has 0 aromatic carbocycles. The first-order valence-electron chi connectivity index (χ1n) is 5.95. The van der Waals surface area contributed by atoms with Crippen LogP contribution in [-0.4, -0.2) is 23.6 Å². The Balaban J connectivity index is 3.13. The van der Waals surface area contributed by atoms with E-state index in [2.05, 4.69) is 44.8 Å². The normalized spacial score (nSPS) is 12.0. The molecule has 0 saturated carbocycles. The summed E-state index contributed by atoms with van der Waals surface area (Å²) in [5.74, 6) is 2.59. The number of rotatable bonds is 9. The molecule has 0 aromatic heterocycles. The van der Waals surface area contributed by atoms with E-state index in [-0.39, 0.29) is 0 Å². The maximum Gasteiger partial charge on any atom is 0.0122 e. The quantitative estimate of drug-likeness (QED) is 0.591. The zero-order chi connectivity index (χ0) is 10.9. The van der Waals surface area contributed by atoms with Crippen LogP contribution in [0.1, 0.15) is 53.4 Å². The van der Waals surface area contributed by atoms with Gasteiger partial charge < -0.3 is 5.32 Å². The van der Waals surface area contributed by atoms with Gasteiger partial charge in [0.25, 0.3) is 0 Å². The Hall–Kier alpha value is 0.310. The molecule has 0 radical (unpaired) electrons. The van der Waals surface area contributed by atoms with E-state index in [4.69, 9.17) is 0 Å². The van der Waals surface area contributed by atoms with Crippen molar-refractivity contribution in [3.8, 4) is 0 Å². The van der Waals surface area contributed by atoms with Crippen molar-refractivity contribution < 1.29 is 0 Å². The minimum absolute atomic E-state index is 0.323. The lowest BCUT2D eigenvalue weighted by molar-refractivity contribution is 0.388. The molecule has 0 fully saturated rings. The van der Waals surface area contributed by atoms with Gasteiger partial charge in [-0.05, 0) is 32.4 Å². The molecule has 14 heavy (non-hydrogen) atoms. The van der Waals surface area contributed by atoms with Gasteiger partial charge >= 0.3 is 0 Å². The largest absolute Gasteiger partial charge is 0.311 e. The van der Waals surface area contributed by atoms with Gasteiger partial charge in [-0.25, -0.2) is 0 Å². The van der Waals surface area contributed by atoms with Crippen LogP contribution in [0.25, 0.3) is 0 Å². The highest BCUT2D eigenvalue weighted by Gasteiger charge is 2.12. The molecular formula is C12H27NS. The summed E-state index contributed by atoms with van der Waals surface area (Å²) in [5, 5.41) is 3.58. The van der Waals surface area contributed by atoms with Crippen LogP contribution in [0.15, 0.2) is 0 Å². The van der Waals surface area contributed by atoms with E-state index in [1.54, 1.807) is 0 Å². The Bertz CT molecular complexity index is 123. The van der Waals surface area contributed by atoms with Gasteiger partial charge in [-0.15, -0.1) is 0 Å². The molecule has 0 spiro atoms. The van der Waals surface area contributed by atoms with Crippen molar-refractivity contribution in [1.29, 1.82) is 0 Å². The molecule has 2 heteroatoms. The molecule has 0 amide bonds. The van der Waals surface area contributed by atoms with E-state index in [1.807, 2.05) is 0 Å². The highest BCUT2D eigenvalue weighted by molar-refractivity contribution is 7.99. The first kappa shape index (κ1) is 14.3. The van der Waals surface area contributed by atoms with Crippen LogP contribution in [-0.2, 0) is 0 Å². The summed E-state index contributed by atoms with van der Waals surface area (Å²) >= 11 is 2.08. The van der Waals surface area contributed by atoms with Gasteiger partial charge in [0.2, 0.25) is 0 Å². The summed E-state index contributed by atoms with van der Waals surface area (Å²) in [5.41, 5.74) is 0.323. The van der Waals surface area contributed by atoms with Gasteiger partial charge in [-0.2, -0.15) is 11.8 Å². The zero-order valence-electron chi connectivity index (χ0n) is 10.4.